The maximum absolute atomic E-state index is 11.1. The molecule has 0 aliphatic heterocycles. The molecule has 2 aromatic rings. The van der Waals surface area contributed by atoms with E-state index in [1.807, 2.05) is 0 Å². The lowest BCUT2D eigenvalue weighted by molar-refractivity contribution is 0.170. The van der Waals surface area contributed by atoms with Crippen molar-refractivity contribution in [1.29, 1.82) is 0 Å². The number of sulfonamides is 2. The van der Waals surface area contributed by atoms with Gasteiger partial charge >= 0.3 is 0 Å². The Bertz CT molecular complexity index is 1070. The normalized spacial score (nSPS) is 15.8. The monoisotopic (exact) mass is 616 g/mol. The van der Waals surface area contributed by atoms with Crippen molar-refractivity contribution < 1.29 is 27.0 Å². The number of hydrogen-bond acceptors (Lipinski definition) is 8. The Morgan fingerprint density at radius 3 is 1.25 bits per heavy atom. The third kappa shape index (κ3) is 8.09. The summed E-state index contributed by atoms with van der Waals surface area (Å²) in [6, 6.07) is 6.53. The standard InChI is InChI=1S/2C9H13BrN2O3S/c2*1-5-7(10)3-4-8(12-5)9(13)6(2)16(11,14)15/h2*3-4,6,9,13H,1-2H3,(H2,11,14,15)/t2*6-,9-/m10/s1. The summed E-state index contributed by atoms with van der Waals surface area (Å²) in [6.45, 7) is 6.20. The molecule has 2 aromatic heterocycles. The van der Waals surface area contributed by atoms with Gasteiger partial charge in [0.05, 0.1) is 22.8 Å². The number of rotatable bonds is 6. The molecular weight excluding hydrogens is 592 g/mol. The van der Waals surface area contributed by atoms with Gasteiger partial charge in [-0.15, -0.1) is 0 Å². The second-order valence-corrected chi connectivity index (χ2v) is 12.6. The minimum Gasteiger partial charge on any atom is -0.385 e. The Balaban J connectivity index is 0.000000320. The summed E-state index contributed by atoms with van der Waals surface area (Å²) in [5.41, 5.74) is 1.95. The van der Waals surface area contributed by atoms with Crippen LogP contribution in [0.2, 0.25) is 0 Å². The average Bonchev–Trinajstić information content (AvgIpc) is 2.69. The number of nitrogens with zero attached hydrogens (tertiary/aromatic N) is 2. The highest BCUT2D eigenvalue weighted by atomic mass is 79.9. The van der Waals surface area contributed by atoms with Gasteiger partial charge in [0.25, 0.3) is 0 Å². The van der Waals surface area contributed by atoms with E-state index in [0.717, 1.165) is 8.95 Å². The maximum atomic E-state index is 11.1. The third-order valence-corrected chi connectivity index (χ3v) is 8.88. The second-order valence-electron chi connectivity index (χ2n) is 7.08. The quantitative estimate of drug-likeness (QED) is 0.377. The highest BCUT2D eigenvalue weighted by molar-refractivity contribution is 9.10. The molecule has 0 saturated heterocycles. The van der Waals surface area contributed by atoms with Crippen molar-refractivity contribution in [2.75, 3.05) is 0 Å². The largest absolute Gasteiger partial charge is 0.385 e. The van der Waals surface area contributed by atoms with Gasteiger partial charge in [-0.25, -0.2) is 27.1 Å². The van der Waals surface area contributed by atoms with E-state index in [1.54, 1.807) is 38.1 Å². The summed E-state index contributed by atoms with van der Waals surface area (Å²) < 4.78 is 45.9. The van der Waals surface area contributed by atoms with Crippen molar-refractivity contribution in [1.82, 2.24) is 9.97 Å². The lowest BCUT2D eigenvalue weighted by atomic mass is 10.1. The first kappa shape index (κ1) is 29.0. The van der Waals surface area contributed by atoms with Crippen LogP contribution in [0.25, 0.3) is 0 Å². The van der Waals surface area contributed by atoms with Gasteiger partial charge in [0.2, 0.25) is 20.0 Å². The summed E-state index contributed by atoms with van der Waals surface area (Å²) in [5, 5.41) is 27.4. The first-order chi connectivity index (χ1) is 14.5. The Hall–Kier alpha value is -1.00. The van der Waals surface area contributed by atoms with E-state index in [4.69, 9.17) is 10.3 Å². The van der Waals surface area contributed by atoms with Crippen LogP contribution < -0.4 is 10.3 Å². The zero-order valence-corrected chi connectivity index (χ0v) is 22.6. The van der Waals surface area contributed by atoms with Crippen LogP contribution in [0.1, 0.15) is 48.8 Å². The zero-order valence-electron chi connectivity index (χ0n) is 17.8. The van der Waals surface area contributed by atoms with E-state index in [-0.39, 0.29) is 0 Å². The topological polar surface area (TPSA) is 187 Å². The molecule has 180 valence electrons. The van der Waals surface area contributed by atoms with Gasteiger partial charge in [0.1, 0.15) is 22.7 Å². The molecule has 0 radical (unpaired) electrons. The van der Waals surface area contributed by atoms with E-state index < -0.39 is 42.8 Å². The SMILES string of the molecule is Cc1nc([C@@H](O)[C@H](C)S(N)(=O)=O)ccc1Br.Cc1nc([C@H](O)[C@@H](C)S(N)(=O)=O)ccc1Br. The van der Waals surface area contributed by atoms with E-state index in [9.17, 15) is 27.0 Å². The smallest absolute Gasteiger partial charge is 0.214 e. The van der Waals surface area contributed by atoms with Gasteiger partial charge < -0.3 is 10.2 Å². The number of hydrogen-bond donors (Lipinski definition) is 4. The molecule has 6 N–H and O–H groups in total. The van der Waals surface area contributed by atoms with E-state index in [1.165, 1.54) is 13.8 Å². The first-order valence-electron chi connectivity index (χ1n) is 9.12. The molecule has 14 heteroatoms. The summed E-state index contributed by atoms with van der Waals surface area (Å²) >= 11 is 6.54. The van der Waals surface area contributed by atoms with Crippen LogP contribution in [-0.2, 0) is 20.0 Å². The zero-order chi connectivity index (χ0) is 25.0. The van der Waals surface area contributed by atoms with Crippen LogP contribution in [0.15, 0.2) is 33.2 Å². The van der Waals surface area contributed by atoms with Crippen molar-refractivity contribution in [2.45, 2.75) is 50.4 Å². The highest BCUT2D eigenvalue weighted by Crippen LogP contribution is 2.23. The molecule has 0 bridgehead atoms. The predicted octanol–water partition coefficient (Wildman–Crippen LogP) is 1.73. The molecule has 0 unspecified atom stereocenters. The molecule has 10 nitrogen and oxygen atoms in total. The molecule has 0 aliphatic rings. The van der Waals surface area contributed by atoms with Crippen LogP contribution in [0.5, 0.6) is 0 Å². The summed E-state index contributed by atoms with van der Waals surface area (Å²) in [4.78, 5) is 8.18. The van der Waals surface area contributed by atoms with Crippen molar-refractivity contribution >= 4 is 51.9 Å². The molecule has 0 aromatic carbocycles. The second kappa shape index (κ2) is 11.4. The van der Waals surface area contributed by atoms with Crippen LogP contribution in [0.3, 0.4) is 0 Å². The Labute approximate surface area is 204 Å². The summed E-state index contributed by atoms with van der Waals surface area (Å²) in [7, 11) is -7.55. The fourth-order valence-corrected chi connectivity index (χ4v) is 3.74. The molecule has 2 heterocycles. The number of aryl methyl sites for hydroxylation is 2. The van der Waals surface area contributed by atoms with Gasteiger partial charge in [0, 0.05) is 8.95 Å². The van der Waals surface area contributed by atoms with Crippen LogP contribution in [-0.4, -0.2) is 47.5 Å². The number of nitrogens with two attached hydrogens (primary N) is 2. The average molecular weight is 618 g/mol. The maximum Gasteiger partial charge on any atom is 0.214 e. The minimum atomic E-state index is -3.77. The number of pyridine rings is 2. The van der Waals surface area contributed by atoms with Gasteiger partial charge in [-0.3, -0.25) is 9.97 Å². The van der Waals surface area contributed by atoms with E-state index in [2.05, 4.69) is 41.8 Å². The number of primary sulfonamides is 2. The first-order valence-corrected chi connectivity index (χ1v) is 13.9. The van der Waals surface area contributed by atoms with Gasteiger partial charge in [-0.05, 0) is 83.8 Å². The number of halogens is 2. The molecule has 0 saturated carbocycles. The number of aliphatic hydroxyl groups is 2. The van der Waals surface area contributed by atoms with Crippen molar-refractivity contribution in [2.24, 2.45) is 10.3 Å². The Morgan fingerprint density at radius 2 is 1.03 bits per heavy atom. The van der Waals surface area contributed by atoms with Gasteiger partial charge in [-0.1, -0.05) is 0 Å². The van der Waals surface area contributed by atoms with Gasteiger partial charge in [0.15, 0.2) is 0 Å². The number of aromatic nitrogens is 2. The van der Waals surface area contributed by atoms with Crippen molar-refractivity contribution in [3.8, 4) is 0 Å². The molecular formula is C18H26Br2N4O6S2. The van der Waals surface area contributed by atoms with Gasteiger partial charge in [-0.2, -0.15) is 0 Å². The minimum absolute atomic E-state index is 0.294. The van der Waals surface area contributed by atoms with Crippen molar-refractivity contribution in [3.63, 3.8) is 0 Å². The van der Waals surface area contributed by atoms with Crippen LogP contribution in [0.4, 0.5) is 0 Å². The van der Waals surface area contributed by atoms with E-state index in [0.29, 0.717) is 22.8 Å². The summed E-state index contributed by atoms with van der Waals surface area (Å²) in [6.07, 6.45) is -2.44. The third-order valence-electron chi connectivity index (χ3n) is 4.62. The lowest BCUT2D eigenvalue weighted by Gasteiger charge is -2.16. The Kier molecular flexibility index (Phi) is 10.4. The fraction of sp³-hybridized carbons (Fsp3) is 0.444. The molecule has 2 rings (SSSR count). The van der Waals surface area contributed by atoms with Crippen LogP contribution >= 0.6 is 31.9 Å². The highest BCUT2D eigenvalue weighted by Gasteiger charge is 2.28. The van der Waals surface area contributed by atoms with Crippen LogP contribution in [0, 0.1) is 13.8 Å². The fourth-order valence-electron chi connectivity index (χ4n) is 2.30. The van der Waals surface area contributed by atoms with Crippen molar-refractivity contribution in [3.05, 3.63) is 56.0 Å². The van der Waals surface area contributed by atoms with E-state index >= 15 is 0 Å². The lowest BCUT2D eigenvalue weighted by Crippen LogP contribution is -2.31. The molecule has 0 amide bonds. The predicted molar refractivity (Wildman–Crippen MR) is 128 cm³/mol. The number of aliphatic hydroxyl groups excluding tert-OH is 2. The molecule has 0 spiro atoms. The molecule has 4 atom stereocenters. The Morgan fingerprint density at radius 1 is 0.750 bits per heavy atom. The molecule has 0 fully saturated rings. The molecule has 0 aliphatic carbocycles. The summed E-state index contributed by atoms with van der Waals surface area (Å²) in [5.74, 6) is 0. The molecule has 32 heavy (non-hydrogen) atoms.